The number of hydrogen-bond donors (Lipinski definition) is 0. The highest BCUT2D eigenvalue weighted by Gasteiger charge is 2.26. The van der Waals surface area contributed by atoms with E-state index in [1.165, 1.54) is 26.4 Å². The number of amides is 1. The molecule has 24 heavy (non-hydrogen) atoms. The first-order valence-electron chi connectivity index (χ1n) is 7.76. The Labute approximate surface area is 141 Å². The first-order valence-corrected chi connectivity index (χ1v) is 7.76. The third kappa shape index (κ3) is 4.61. The van der Waals surface area contributed by atoms with Crippen molar-refractivity contribution in [3.8, 4) is 11.5 Å². The number of methoxy groups -OCH3 is 2. The Morgan fingerprint density at radius 2 is 1.62 bits per heavy atom. The summed E-state index contributed by atoms with van der Waals surface area (Å²) < 4.78 is 20.9. The summed E-state index contributed by atoms with van der Waals surface area (Å²) in [6.07, 6.45) is -0.0629. The molecule has 7 nitrogen and oxygen atoms in total. The zero-order chi connectivity index (χ0) is 17.7. The molecule has 0 N–H and O–H groups in total. The lowest BCUT2D eigenvalue weighted by molar-refractivity contribution is -0.146. The number of morpholine rings is 1. The van der Waals surface area contributed by atoms with Crippen molar-refractivity contribution in [3.05, 3.63) is 23.8 Å². The molecule has 0 aliphatic carbocycles. The van der Waals surface area contributed by atoms with Crippen LogP contribution in [0.2, 0.25) is 0 Å². The van der Waals surface area contributed by atoms with Gasteiger partial charge in [-0.1, -0.05) is 0 Å². The Bertz CT molecular complexity index is 570. The zero-order valence-corrected chi connectivity index (χ0v) is 14.4. The van der Waals surface area contributed by atoms with Crippen LogP contribution < -0.4 is 9.47 Å². The normalized spacial score (nSPS) is 20.4. The molecule has 1 heterocycles. The Morgan fingerprint density at radius 1 is 1.08 bits per heavy atom. The molecule has 1 aromatic rings. The van der Waals surface area contributed by atoms with Gasteiger partial charge in [-0.25, -0.2) is 4.79 Å². The quantitative estimate of drug-likeness (QED) is 0.758. The van der Waals surface area contributed by atoms with Crippen molar-refractivity contribution in [1.29, 1.82) is 0 Å². The number of benzene rings is 1. The molecule has 2 rings (SSSR count). The predicted molar refractivity (Wildman–Crippen MR) is 86.4 cm³/mol. The van der Waals surface area contributed by atoms with Crippen LogP contribution in [0.25, 0.3) is 0 Å². The molecule has 2 atom stereocenters. The minimum atomic E-state index is -0.602. The molecule has 1 aromatic carbocycles. The third-order valence-electron chi connectivity index (χ3n) is 3.69. The van der Waals surface area contributed by atoms with Crippen LogP contribution in [0.15, 0.2) is 18.2 Å². The molecule has 0 aromatic heterocycles. The molecule has 0 saturated carbocycles. The summed E-state index contributed by atoms with van der Waals surface area (Å²) in [5.74, 6) is 0.113. The van der Waals surface area contributed by atoms with Crippen molar-refractivity contribution in [3.63, 3.8) is 0 Å². The Balaban J connectivity index is 1.96. The molecule has 1 aliphatic rings. The molecule has 1 saturated heterocycles. The van der Waals surface area contributed by atoms with E-state index >= 15 is 0 Å². The van der Waals surface area contributed by atoms with E-state index < -0.39 is 5.97 Å². The van der Waals surface area contributed by atoms with Crippen LogP contribution in [-0.2, 0) is 14.3 Å². The minimum Gasteiger partial charge on any atom is -0.497 e. The average Bonchev–Trinajstić information content (AvgIpc) is 2.57. The van der Waals surface area contributed by atoms with Gasteiger partial charge >= 0.3 is 5.97 Å². The molecule has 1 fully saturated rings. The molecule has 132 valence electrons. The number of rotatable bonds is 5. The summed E-state index contributed by atoms with van der Waals surface area (Å²) in [6, 6.07) is 4.72. The maximum absolute atomic E-state index is 12.2. The second kappa shape index (κ2) is 8.01. The standard InChI is InChI=1S/C17H23NO6/c1-11-8-18(9-12(2)24-11)16(19)10-23-17(20)13-5-14(21-3)7-15(6-13)22-4/h5-7,11-12H,8-10H2,1-4H3/t11-,12+. The highest BCUT2D eigenvalue weighted by atomic mass is 16.5. The number of esters is 1. The van der Waals surface area contributed by atoms with Crippen molar-refractivity contribution >= 4 is 11.9 Å². The van der Waals surface area contributed by atoms with Gasteiger partial charge in [-0.2, -0.15) is 0 Å². The van der Waals surface area contributed by atoms with Crippen LogP contribution in [0.4, 0.5) is 0 Å². The molecular formula is C17H23NO6. The van der Waals surface area contributed by atoms with E-state index in [9.17, 15) is 9.59 Å². The number of ether oxygens (including phenoxy) is 4. The van der Waals surface area contributed by atoms with Crippen LogP contribution in [0.5, 0.6) is 11.5 Å². The smallest absolute Gasteiger partial charge is 0.338 e. The molecule has 1 amide bonds. The van der Waals surface area contributed by atoms with Crippen molar-refractivity contribution in [2.45, 2.75) is 26.1 Å². The summed E-state index contributed by atoms with van der Waals surface area (Å²) in [5.41, 5.74) is 0.266. The summed E-state index contributed by atoms with van der Waals surface area (Å²) >= 11 is 0. The molecule has 0 radical (unpaired) electrons. The van der Waals surface area contributed by atoms with Crippen LogP contribution in [0, 0.1) is 0 Å². The van der Waals surface area contributed by atoms with E-state index in [2.05, 4.69) is 0 Å². The molecule has 0 spiro atoms. The van der Waals surface area contributed by atoms with E-state index in [1.54, 1.807) is 11.0 Å². The summed E-state index contributed by atoms with van der Waals surface area (Å²) in [6.45, 7) is 4.49. The summed E-state index contributed by atoms with van der Waals surface area (Å²) in [4.78, 5) is 26.0. The predicted octanol–water partition coefficient (Wildman–Crippen LogP) is 1.50. The van der Waals surface area contributed by atoms with E-state index in [1.807, 2.05) is 13.8 Å². The van der Waals surface area contributed by atoms with E-state index in [0.29, 0.717) is 24.6 Å². The van der Waals surface area contributed by atoms with Gasteiger partial charge in [0, 0.05) is 19.2 Å². The molecule has 0 unspecified atom stereocenters. The number of carbonyl (C=O) groups is 2. The van der Waals surface area contributed by atoms with E-state index in [0.717, 1.165) is 0 Å². The maximum Gasteiger partial charge on any atom is 0.338 e. The van der Waals surface area contributed by atoms with Crippen LogP contribution in [-0.4, -0.2) is 62.9 Å². The fourth-order valence-corrected chi connectivity index (χ4v) is 2.61. The van der Waals surface area contributed by atoms with Gasteiger partial charge in [-0.3, -0.25) is 4.79 Å². The van der Waals surface area contributed by atoms with Crippen LogP contribution in [0.1, 0.15) is 24.2 Å². The van der Waals surface area contributed by atoms with Gasteiger partial charge in [0.1, 0.15) is 11.5 Å². The van der Waals surface area contributed by atoms with Crippen LogP contribution >= 0.6 is 0 Å². The van der Waals surface area contributed by atoms with Crippen molar-refractivity contribution < 1.29 is 28.5 Å². The van der Waals surface area contributed by atoms with Gasteiger partial charge in [0.05, 0.1) is 32.0 Å². The first kappa shape index (κ1) is 18.1. The van der Waals surface area contributed by atoms with Crippen LogP contribution in [0.3, 0.4) is 0 Å². The average molecular weight is 337 g/mol. The van der Waals surface area contributed by atoms with Gasteiger partial charge in [-0.15, -0.1) is 0 Å². The highest BCUT2D eigenvalue weighted by Crippen LogP contribution is 2.23. The maximum atomic E-state index is 12.2. The van der Waals surface area contributed by atoms with Gasteiger partial charge < -0.3 is 23.8 Å². The Kier molecular flexibility index (Phi) is 6.03. The van der Waals surface area contributed by atoms with Gasteiger partial charge in [0.25, 0.3) is 5.91 Å². The fourth-order valence-electron chi connectivity index (χ4n) is 2.61. The van der Waals surface area contributed by atoms with Gasteiger partial charge in [0.2, 0.25) is 0 Å². The van der Waals surface area contributed by atoms with Crippen molar-refractivity contribution in [2.75, 3.05) is 33.9 Å². The lowest BCUT2D eigenvalue weighted by Crippen LogP contribution is -2.49. The van der Waals surface area contributed by atoms with Crippen molar-refractivity contribution in [2.24, 2.45) is 0 Å². The second-order valence-corrected chi connectivity index (χ2v) is 5.73. The summed E-state index contributed by atoms with van der Waals surface area (Å²) in [5, 5.41) is 0. The first-order chi connectivity index (χ1) is 11.4. The Hall–Kier alpha value is -2.28. The van der Waals surface area contributed by atoms with Gasteiger partial charge in [0.15, 0.2) is 6.61 Å². The topological polar surface area (TPSA) is 74.3 Å². The number of hydrogen-bond acceptors (Lipinski definition) is 6. The lowest BCUT2D eigenvalue weighted by atomic mass is 10.2. The number of nitrogens with zero attached hydrogens (tertiary/aromatic N) is 1. The minimum absolute atomic E-state index is 0.0314. The molecule has 0 bridgehead atoms. The number of carbonyl (C=O) groups excluding carboxylic acids is 2. The van der Waals surface area contributed by atoms with Crippen molar-refractivity contribution in [1.82, 2.24) is 4.90 Å². The van der Waals surface area contributed by atoms with Gasteiger partial charge in [-0.05, 0) is 26.0 Å². The Morgan fingerprint density at radius 3 is 2.12 bits per heavy atom. The fraction of sp³-hybridized carbons (Fsp3) is 0.529. The largest absolute Gasteiger partial charge is 0.497 e. The van der Waals surface area contributed by atoms with E-state index in [-0.39, 0.29) is 30.3 Å². The SMILES string of the molecule is COc1cc(OC)cc(C(=O)OCC(=O)N2C[C@@H](C)O[C@@H](C)C2)c1. The lowest BCUT2D eigenvalue weighted by Gasteiger charge is -2.35. The zero-order valence-electron chi connectivity index (χ0n) is 14.4. The molecule has 7 heteroatoms. The monoisotopic (exact) mass is 337 g/mol. The molecule has 1 aliphatic heterocycles. The third-order valence-corrected chi connectivity index (χ3v) is 3.69. The van der Waals surface area contributed by atoms with E-state index in [4.69, 9.17) is 18.9 Å². The summed E-state index contributed by atoms with van der Waals surface area (Å²) in [7, 11) is 2.99. The second-order valence-electron chi connectivity index (χ2n) is 5.73. The molecular weight excluding hydrogens is 314 g/mol. The highest BCUT2D eigenvalue weighted by molar-refractivity contribution is 5.92.